The maximum atomic E-state index is 11.4. The van der Waals surface area contributed by atoms with Crippen molar-refractivity contribution >= 4 is 15.8 Å². The van der Waals surface area contributed by atoms with Crippen LogP contribution in [0.1, 0.15) is 6.42 Å². The molecule has 0 saturated carbocycles. The summed E-state index contributed by atoms with van der Waals surface area (Å²) in [5.41, 5.74) is 0. The van der Waals surface area contributed by atoms with Crippen molar-refractivity contribution in [3.63, 3.8) is 0 Å². The van der Waals surface area contributed by atoms with Crippen LogP contribution in [-0.2, 0) is 19.4 Å². The van der Waals surface area contributed by atoms with E-state index in [0.717, 1.165) is 0 Å². The lowest BCUT2D eigenvalue weighted by molar-refractivity contribution is -0.151. The summed E-state index contributed by atoms with van der Waals surface area (Å²) in [6, 6.07) is -0.859. The van der Waals surface area contributed by atoms with E-state index in [4.69, 9.17) is 9.84 Å². The fourth-order valence-corrected chi connectivity index (χ4v) is 4.05. The molecule has 2 saturated heterocycles. The van der Waals surface area contributed by atoms with E-state index in [1.165, 1.54) is 0 Å². The Hall–Kier alpha value is -0.660. The topological polar surface area (TPSA) is 83.9 Å². The molecule has 2 rings (SSSR count). The van der Waals surface area contributed by atoms with Crippen molar-refractivity contribution in [2.24, 2.45) is 0 Å². The summed E-state index contributed by atoms with van der Waals surface area (Å²) in [6.45, 7) is 1.11. The Morgan fingerprint density at radius 1 is 1.44 bits per heavy atom. The highest BCUT2D eigenvalue weighted by Gasteiger charge is 2.39. The molecular formula is C9H15NO5S. The summed E-state index contributed by atoms with van der Waals surface area (Å²) < 4.78 is 27.8. The summed E-state index contributed by atoms with van der Waals surface area (Å²) in [4.78, 5) is 12.8. The number of rotatable bonds is 2. The van der Waals surface area contributed by atoms with E-state index in [9.17, 15) is 13.2 Å². The van der Waals surface area contributed by atoms with Crippen LogP contribution in [0.5, 0.6) is 0 Å². The van der Waals surface area contributed by atoms with Crippen molar-refractivity contribution in [3.8, 4) is 0 Å². The van der Waals surface area contributed by atoms with E-state index in [-0.39, 0.29) is 24.2 Å². The van der Waals surface area contributed by atoms with Gasteiger partial charge in [0.15, 0.2) is 9.84 Å². The SMILES string of the molecule is O=C(O)C1COCCN1C1CCS(=O)(=O)C1. The first kappa shape index (κ1) is 11.8. The Morgan fingerprint density at radius 3 is 2.75 bits per heavy atom. The van der Waals surface area contributed by atoms with E-state index >= 15 is 0 Å². The zero-order chi connectivity index (χ0) is 11.8. The zero-order valence-corrected chi connectivity index (χ0v) is 9.65. The van der Waals surface area contributed by atoms with Gasteiger partial charge in [0.1, 0.15) is 6.04 Å². The predicted octanol–water partition coefficient (Wildman–Crippen LogP) is -1.04. The minimum absolute atomic E-state index is 0.0801. The fraction of sp³-hybridized carbons (Fsp3) is 0.889. The van der Waals surface area contributed by atoms with Crippen molar-refractivity contribution in [2.75, 3.05) is 31.3 Å². The first-order valence-electron chi connectivity index (χ1n) is 5.26. The van der Waals surface area contributed by atoms with Gasteiger partial charge in [0, 0.05) is 12.6 Å². The van der Waals surface area contributed by atoms with Crippen molar-refractivity contribution in [1.82, 2.24) is 4.90 Å². The highest BCUT2D eigenvalue weighted by atomic mass is 32.2. The number of hydrogen-bond donors (Lipinski definition) is 1. The number of carboxylic acids is 1. The number of sulfone groups is 1. The quantitative estimate of drug-likeness (QED) is 0.673. The largest absolute Gasteiger partial charge is 0.480 e. The molecule has 0 aromatic carbocycles. The van der Waals surface area contributed by atoms with Crippen LogP contribution < -0.4 is 0 Å². The van der Waals surface area contributed by atoms with Gasteiger partial charge in [-0.2, -0.15) is 0 Å². The number of hydrogen-bond acceptors (Lipinski definition) is 5. The average molecular weight is 249 g/mol. The minimum Gasteiger partial charge on any atom is -0.480 e. The Bertz CT molecular complexity index is 379. The zero-order valence-electron chi connectivity index (χ0n) is 8.83. The molecule has 7 heteroatoms. The number of carbonyl (C=O) groups is 1. The van der Waals surface area contributed by atoms with Crippen LogP contribution in [0.4, 0.5) is 0 Å². The second-order valence-corrected chi connectivity index (χ2v) is 6.45. The fourth-order valence-electron chi connectivity index (χ4n) is 2.30. The normalized spacial score (nSPS) is 35.0. The molecule has 6 nitrogen and oxygen atoms in total. The molecule has 0 radical (unpaired) electrons. The van der Waals surface area contributed by atoms with Crippen LogP contribution in [0.25, 0.3) is 0 Å². The monoisotopic (exact) mass is 249 g/mol. The standard InChI is InChI=1S/C9H15NO5S/c11-9(12)8-5-15-3-2-10(8)7-1-4-16(13,14)6-7/h7-8H,1-6H2,(H,11,12). The van der Waals surface area contributed by atoms with Gasteiger partial charge in [-0.05, 0) is 6.42 Å². The molecule has 0 bridgehead atoms. The predicted molar refractivity (Wildman–Crippen MR) is 56.0 cm³/mol. The van der Waals surface area contributed by atoms with Gasteiger partial charge < -0.3 is 9.84 Å². The van der Waals surface area contributed by atoms with Crippen LogP contribution >= 0.6 is 0 Å². The van der Waals surface area contributed by atoms with Crippen molar-refractivity contribution < 1.29 is 23.1 Å². The van der Waals surface area contributed by atoms with Crippen LogP contribution in [0.3, 0.4) is 0 Å². The molecule has 2 fully saturated rings. The van der Waals surface area contributed by atoms with Gasteiger partial charge in [-0.3, -0.25) is 9.69 Å². The van der Waals surface area contributed by atoms with E-state index in [0.29, 0.717) is 19.6 Å². The van der Waals surface area contributed by atoms with Gasteiger partial charge >= 0.3 is 5.97 Å². The van der Waals surface area contributed by atoms with E-state index in [2.05, 4.69) is 0 Å². The molecule has 2 aliphatic rings. The van der Waals surface area contributed by atoms with E-state index in [1.807, 2.05) is 0 Å². The molecule has 0 amide bonds. The summed E-state index contributed by atoms with van der Waals surface area (Å²) in [5.74, 6) is -0.693. The molecular weight excluding hydrogens is 234 g/mol. The highest BCUT2D eigenvalue weighted by Crippen LogP contribution is 2.21. The van der Waals surface area contributed by atoms with Crippen LogP contribution in [0.15, 0.2) is 0 Å². The molecule has 2 heterocycles. The maximum Gasteiger partial charge on any atom is 0.323 e. The molecule has 0 spiro atoms. The van der Waals surface area contributed by atoms with Gasteiger partial charge in [-0.1, -0.05) is 0 Å². The molecule has 2 aliphatic heterocycles. The molecule has 1 N–H and O–H groups in total. The van der Waals surface area contributed by atoms with Crippen molar-refractivity contribution in [1.29, 1.82) is 0 Å². The molecule has 0 aromatic heterocycles. The third-order valence-electron chi connectivity index (χ3n) is 3.13. The van der Waals surface area contributed by atoms with Crippen molar-refractivity contribution in [2.45, 2.75) is 18.5 Å². The van der Waals surface area contributed by atoms with Gasteiger partial charge in [-0.25, -0.2) is 8.42 Å². The van der Waals surface area contributed by atoms with Gasteiger partial charge in [0.25, 0.3) is 0 Å². The first-order chi connectivity index (χ1) is 7.49. The van der Waals surface area contributed by atoms with Gasteiger partial charge in [0.2, 0.25) is 0 Å². The van der Waals surface area contributed by atoms with Crippen LogP contribution in [0.2, 0.25) is 0 Å². The number of aliphatic carboxylic acids is 1. The van der Waals surface area contributed by atoms with Crippen LogP contribution in [-0.4, -0.2) is 67.7 Å². The second-order valence-electron chi connectivity index (χ2n) is 4.22. The van der Waals surface area contributed by atoms with E-state index < -0.39 is 21.8 Å². The molecule has 2 atom stereocenters. The lowest BCUT2D eigenvalue weighted by Gasteiger charge is -2.36. The maximum absolute atomic E-state index is 11.4. The molecule has 0 aliphatic carbocycles. The Kier molecular flexibility index (Phi) is 3.18. The Labute approximate surface area is 94.1 Å². The van der Waals surface area contributed by atoms with Gasteiger partial charge in [0.05, 0.1) is 24.7 Å². The lowest BCUT2D eigenvalue weighted by Crippen LogP contribution is -2.54. The third-order valence-corrected chi connectivity index (χ3v) is 4.88. The number of carboxylic acid groups (broad SMARTS) is 1. The molecule has 0 aromatic rings. The summed E-state index contributed by atoms with van der Waals surface area (Å²) in [5, 5.41) is 9.03. The van der Waals surface area contributed by atoms with E-state index in [1.54, 1.807) is 4.90 Å². The minimum atomic E-state index is -2.97. The first-order valence-corrected chi connectivity index (χ1v) is 7.08. The molecule has 16 heavy (non-hydrogen) atoms. The average Bonchev–Trinajstić information content (AvgIpc) is 2.59. The summed E-state index contributed by atoms with van der Waals surface area (Å²) in [7, 11) is -2.97. The summed E-state index contributed by atoms with van der Waals surface area (Å²) >= 11 is 0. The number of nitrogens with zero attached hydrogens (tertiary/aromatic N) is 1. The highest BCUT2D eigenvalue weighted by molar-refractivity contribution is 7.91. The van der Waals surface area contributed by atoms with Gasteiger partial charge in [-0.15, -0.1) is 0 Å². The molecule has 2 unspecified atom stereocenters. The second kappa shape index (κ2) is 4.31. The Balaban J connectivity index is 2.09. The summed E-state index contributed by atoms with van der Waals surface area (Å²) in [6.07, 6.45) is 0.534. The smallest absolute Gasteiger partial charge is 0.323 e. The van der Waals surface area contributed by atoms with Crippen LogP contribution in [0, 0.1) is 0 Å². The number of ether oxygens (including phenoxy) is 1. The third kappa shape index (κ3) is 2.36. The van der Waals surface area contributed by atoms with Crippen molar-refractivity contribution in [3.05, 3.63) is 0 Å². The molecule has 92 valence electrons. The Morgan fingerprint density at radius 2 is 2.19 bits per heavy atom. The lowest BCUT2D eigenvalue weighted by atomic mass is 10.1. The number of morpholine rings is 1.